The number of ether oxygens (including phenoxy) is 1. The molecule has 2 aromatic carbocycles. The predicted molar refractivity (Wildman–Crippen MR) is 105 cm³/mol. The van der Waals surface area contributed by atoms with Gasteiger partial charge in [-0.1, -0.05) is 57.2 Å². The Balaban J connectivity index is 1.93. The Morgan fingerprint density at radius 1 is 1.20 bits per heavy atom. The van der Waals surface area contributed by atoms with Crippen LogP contribution in [-0.4, -0.2) is 18.2 Å². The lowest BCUT2D eigenvalue weighted by Crippen LogP contribution is -2.26. The third-order valence-corrected chi connectivity index (χ3v) is 4.36. The van der Waals surface area contributed by atoms with E-state index in [-0.39, 0.29) is 12.5 Å². The zero-order valence-corrected chi connectivity index (χ0v) is 16.3. The molecule has 0 aromatic heterocycles. The highest BCUT2D eigenvalue weighted by atomic mass is 79.9. The molecule has 1 amide bonds. The van der Waals surface area contributed by atoms with Gasteiger partial charge < -0.3 is 4.74 Å². The molecule has 0 radical (unpaired) electrons. The van der Waals surface area contributed by atoms with Gasteiger partial charge in [-0.2, -0.15) is 5.10 Å². The van der Waals surface area contributed by atoms with Crippen LogP contribution in [-0.2, 0) is 4.79 Å². The van der Waals surface area contributed by atoms with E-state index < -0.39 is 0 Å². The highest BCUT2D eigenvalue weighted by Gasteiger charge is 2.08. The van der Waals surface area contributed by atoms with Crippen molar-refractivity contribution in [2.75, 3.05) is 6.61 Å². The van der Waals surface area contributed by atoms with E-state index in [2.05, 4.69) is 40.3 Å². The van der Waals surface area contributed by atoms with Crippen LogP contribution >= 0.6 is 15.9 Å². The molecular weight excluding hydrogens is 380 g/mol. The molecule has 2 aromatic rings. The topological polar surface area (TPSA) is 50.7 Å². The van der Waals surface area contributed by atoms with Crippen molar-refractivity contribution < 1.29 is 9.53 Å². The lowest BCUT2D eigenvalue weighted by atomic mass is 10.0. The summed E-state index contributed by atoms with van der Waals surface area (Å²) in [5, 5.41) is 4.21. The molecule has 0 saturated heterocycles. The molecule has 0 bridgehead atoms. The van der Waals surface area contributed by atoms with Crippen molar-refractivity contribution in [2.45, 2.75) is 33.1 Å². The third kappa shape index (κ3) is 5.71. The van der Waals surface area contributed by atoms with Gasteiger partial charge in [-0.05, 0) is 51.5 Å². The molecule has 2 rings (SSSR count). The molecule has 1 N–H and O–H groups in total. The number of carbonyl (C=O) groups excluding carboxylic acids is 1. The van der Waals surface area contributed by atoms with Crippen molar-refractivity contribution in [2.24, 2.45) is 5.10 Å². The minimum Gasteiger partial charge on any atom is -0.483 e. The minimum absolute atomic E-state index is 0.0884. The Labute approximate surface area is 157 Å². The van der Waals surface area contributed by atoms with E-state index in [1.54, 1.807) is 0 Å². The van der Waals surface area contributed by atoms with E-state index in [1.807, 2.05) is 55.5 Å². The fourth-order valence-electron chi connectivity index (χ4n) is 2.28. The number of benzene rings is 2. The first-order valence-electron chi connectivity index (χ1n) is 8.34. The normalized spacial score (nSPS) is 11.5. The molecule has 132 valence electrons. The van der Waals surface area contributed by atoms with Crippen molar-refractivity contribution in [3.63, 3.8) is 0 Å². The molecule has 0 heterocycles. The number of carbonyl (C=O) groups is 1. The Hall–Kier alpha value is -2.14. The van der Waals surface area contributed by atoms with Crippen LogP contribution in [0.2, 0.25) is 0 Å². The Kier molecular flexibility index (Phi) is 7.19. The Morgan fingerprint density at radius 2 is 1.92 bits per heavy atom. The van der Waals surface area contributed by atoms with E-state index in [4.69, 9.17) is 4.74 Å². The molecular formula is C20H23BrN2O2. The van der Waals surface area contributed by atoms with E-state index >= 15 is 0 Å². The summed E-state index contributed by atoms with van der Waals surface area (Å²) in [5.74, 6) is 0.789. The number of hydrogen-bond acceptors (Lipinski definition) is 3. The second-order valence-corrected chi connectivity index (χ2v) is 6.80. The molecule has 25 heavy (non-hydrogen) atoms. The second-order valence-electron chi connectivity index (χ2n) is 5.95. The van der Waals surface area contributed by atoms with E-state index in [1.165, 1.54) is 5.56 Å². The number of hydrogen-bond donors (Lipinski definition) is 1. The van der Waals surface area contributed by atoms with Crippen molar-refractivity contribution >= 4 is 27.5 Å². The summed E-state index contributed by atoms with van der Waals surface area (Å²) in [4.78, 5) is 12.0. The van der Waals surface area contributed by atoms with Gasteiger partial charge in [-0.3, -0.25) is 4.79 Å². The molecule has 0 aliphatic rings. The summed E-state index contributed by atoms with van der Waals surface area (Å²) in [5.41, 5.74) is 5.60. The molecule has 0 saturated carbocycles. The van der Waals surface area contributed by atoms with Crippen LogP contribution < -0.4 is 10.2 Å². The van der Waals surface area contributed by atoms with Gasteiger partial charge in [0.15, 0.2) is 6.61 Å². The van der Waals surface area contributed by atoms with E-state index in [0.29, 0.717) is 11.7 Å². The highest BCUT2D eigenvalue weighted by Crippen LogP contribution is 2.28. The zero-order chi connectivity index (χ0) is 18.2. The molecule has 0 spiro atoms. The first kappa shape index (κ1) is 19.2. The van der Waals surface area contributed by atoms with Gasteiger partial charge in [0.1, 0.15) is 5.75 Å². The summed E-state index contributed by atoms with van der Waals surface area (Å²) >= 11 is 3.49. The zero-order valence-electron chi connectivity index (χ0n) is 14.8. The largest absolute Gasteiger partial charge is 0.483 e. The number of nitrogens with zero attached hydrogens (tertiary/aromatic N) is 1. The molecule has 0 atom stereocenters. The minimum atomic E-state index is -0.290. The van der Waals surface area contributed by atoms with Gasteiger partial charge in [-0.15, -0.1) is 0 Å². The van der Waals surface area contributed by atoms with Crippen LogP contribution in [0.25, 0.3) is 0 Å². The molecule has 0 aliphatic carbocycles. The van der Waals surface area contributed by atoms with Crippen molar-refractivity contribution in [1.82, 2.24) is 5.43 Å². The van der Waals surface area contributed by atoms with Gasteiger partial charge in [0.25, 0.3) is 5.91 Å². The van der Waals surface area contributed by atoms with Gasteiger partial charge in [-0.25, -0.2) is 5.43 Å². The van der Waals surface area contributed by atoms with Gasteiger partial charge >= 0.3 is 0 Å². The summed E-state index contributed by atoms with van der Waals surface area (Å²) in [6.07, 6.45) is 0.730. The smallest absolute Gasteiger partial charge is 0.277 e. The SMILES string of the molecule is CC/C(=N\NC(=O)COc1ccc(C(C)C)cc1Br)c1ccccc1. The van der Waals surface area contributed by atoms with Crippen molar-refractivity contribution in [3.05, 3.63) is 64.1 Å². The number of halogens is 1. The molecule has 4 nitrogen and oxygen atoms in total. The molecule has 0 fully saturated rings. The predicted octanol–water partition coefficient (Wildman–Crippen LogP) is 4.88. The van der Waals surface area contributed by atoms with Gasteiger partial charge in [0.2, 0.25) is 0 Å². The molecule has 0 aliphatic heterocycles. The van der Waals surface area contributed by atoms with Crippen LogP contribution in [0.15, 0.2) is 58.1 Å². The van der Waals surface area contributed by atoms with Crippen LogP contribution in [0.3, 0.4) is 0 Å². The van der Waals surface area contributed by atoms with E-state index in [0.717, 1.165) is 22.2 Å². The maximum atomic E-state index is 12.0. The van der Waals surface area contributed by atoms with Crippen LogP contribution in [0.1, 0.15) is 44.2 Å². The maximum Gasteiger partial charge on any atom is 0.277 e. The highest BCUT2D eigenvalue weighted by molar-refractivity contribution is 9.10. The Bertz CT molecular complexity index is 743. The number of rotatable bonds is 7. The lowest BCUT2D eigenvalue weighted by molar-refractivity contribution is -0.123. The summed E-state index contributed by atoms with van der Waals surface area (Å²) < 4.78 is 6.42. The van der Waals surface area contributed by atoms with Gasteiger partial charge in [0, 0.05) is 0 Å². The molecule has 0 unspecified atom stereocenters. The summed E-state index contributed by atoms with van der Waals surface area (Å²) in [6, 6.07) is 15.7. The van der Waals surface area contributed by atoms with Gasteiger partial charge in [0.05, 0.1) is 10.2 Å². The number of hydrazone groups is 1. The van der Waals surface area contributed by atoms with Crippen LogP contribution in [0, 0.1) is 0 Å². The average molecular weight is 403 g/mol. The van der Waals surface area contributed by atoms with E-state index in [9.17, 15) is 4.79 Å². The molecule has 5 heteroatoms. The van der Waals surface area contributed by atoms with Crippen LogP contribution in [0.4, 0.5) is 0 Å². The first-order valence-corrected chi connectivity index (χ1v) is 9.13. The number of amides is 1. The second kappa shape index (κ2) is 9.37. The number of nitrogens with one attached hydrogen (secondary N) is 1. The average Bonchev–Trinajstić information content (AvgIpc) is 2.62. The van der Waals surface area contributed by atoms with Crippen molar-refractivity contribution in [3.8, 4) is 5.75 Å². The monoisotopic (exact) mass is 402 g/mol. The lowest BCUT2D eigenvalue weighted by Gasteiger charge is -2.11. The fourth-order valence-corrected chi connectivity index (χ4v) is 2.79. The quantitative estimate of drug-likeness (QED) is 0.529. The Morgan fingerprint density at radius 3 is 2.52 bits per heavy atom. The third-order valence-electron chi connectivity index (χ3n) is 3.74. The van der Waals surface area contributed by atoms with Crippen LogP contribution in [0.5, 0.6) is 5.75 Å². The summed E-state index contributed by atoms with van der Waals surface area (Å²) in [6.45, 7) is 6.18. The first-order chi connectivity index (χ1) is 12.0. The van der Waals surface area contributed by atoms with Crippen molar-refractivity contribution in [1.29, 1.82) is 0 Å². The standard InChI is InChI=1S/C20H23BrN2O2/c1-4-18(15-8-6-5-7-9-15)22-23-20(24)13-25-19-11-10-16(14(2)3)12-17(19)21/h5-12,14H,4,13H2,1-3H3,(H,23,24)/b22-18+. The summed E-state index contributed by atoms with van der Waals surface area (Å²) in [7, 11) is 0. The fraction of sp³-hybridized carbons (Fsp3) is 0.300. The maximum absolute atomic E-state index is 12.0.